The lowest BCUT2D eigenvalue weighted by Gasteiger charge is -2.40. The van der Waals surface area contributed by atoms with Crippen LogP contribution in [-0.4, -0.2) is 98.6 Å². The van der Waals surface area contributed by atoms with Crippen LogP contribution in [0, 0.1) is 22.7 Å². The fourth-order valence-corrected chi connectivity index (χ4v) is 5.52. The summed E-state index contributed by atoms with van der Waals surface area (Å²) in [5.41, 5.74) is 1.86. The third-order valence-corrected chi connectivity index (χ3v) is 8.22. The second-order valence-electron chi connectivity index (χ2n) is 10.9. The third kappa shape index (κ3) is 5.69. The van der Waals surface area contributed by atoms with Crippen molar-refractivity contribution >= 4 is 46.4 Å². The normalized spacial score (nSPS) is 21.1. The maximum atomic E-state index is 12.8. The van der Waals surface area contributed by atoms with Gasteiger partial charge in [-0.15, -0.1) is 5.10 Å². The van der Waals surface area contributed by atoms with Crippen molar-refractivity contribution in [2.45, 2.75) is 44.0 Å². The van der Waals surface area contributed by atoms with E-state index in [-0.39, 0.29) is 34.8 Å². The number of benzene rings is 1. The highest BCUT2D eigenvalue weighted by molar-refractivity contribution is 6.36. The molecule has 0 radical (unpaired) electrons. The molecule has 0 bridgehead atoms. The standard InChI is InChI=1S/C27H31ClN12O2/c1-37-6-8-38(9-7-37)27(42)33-18-4-5-39(22(41)12-18)21-11-16(13-29)10-20(23(21)28)34-26-35-24(32-17-2-3-17)25-31-15-19(14-30)40(25)36-26/h10-11,15,17-18,22,41H,2-9,12H2,1H3,(H,33,42)(H2,32,34,35,36)/t18-,22?/m1/s1. The minimum atomic E-state index is -0.929. The molecule has 4 heterocycles. The summed E-state index contributed by atoms with van der Waals surface area (Å²) in [6, 6.07) is 7.43. The predicted octanol–water partition coefficient (Wildman–Crippen LogP) is 2.08. The molecule has 2 saturated heterocycles. The number of urea groups is 1. The van der Waals surface area contributed by atoms with Crippen molar-refractivity contribution < 1.29 is 9.90 Å². The van der Waals surface area contributed by atoms with Gasteiger partial charge in [-0.05, 0) is 38.4 Å². The zero-order valence-electron chi connectivity index (χ0n) is 23.1. The van der Waals surface area contributed by atoms with Crippen molar-refractivity contribution in [1.82, 2.24) is 34.7 Å². The summed E-state index contributed by atoms with van der Waals surface area (Å²) in [6.07, 6.45) is 3.45. The molecule has 2 amide bonds. The van der Waals surface area contributed by atoms with E-state index in [1.807, 2.05) is 7.05 Å². The number of fused-ring (bicyclic) bond motifs is 1. The number of piperazine rings is 1. The Morgan fingerprint density at radius 3 is 2.57 bits per heavy atom. The zero-order valence-corrected chi connectivity index (χ0v) is 23.8. The minimum Gasteiger partial charge on any atom is -0.374 e. The topological polar surface area (TPSA) is 174 Å². The Balaban J connectivity index is 1.21. The van der Waals surface area contributed by atoms with E-state index in [0.717, 1.165) is 25.9 Å². The fraction of sp³-hybridized carbons (Fsp3) is 0.481. The Labute approximate surface area is 247 Å². The average molecular weight is 591 g/mol. The van der Waals surface area contributed by atoms with Gasteiger partial charge < -0.3 is 35.8 Å². The lowest BCUT2D eigenvalue weighted by atomic mass is 10.0. The third-order valence-electron chi connectivity index (χ3n) is 7.82. The molecule has 1 aromatic carbocycles. The van der Waals surface area contributed by atoms with Crippen LogP contribution in [0.2, 0.25) is 5.02 Å². The molecular formula is C27H31ClN12O2. The first-order valence-corrected chi connectivity index (χ1v) is 14.3. The number of rotatable bonds is 6. The van der Waals surface area contributed by atoms with Crippen LogP contribution in [0.25, 0.3) is 5.65 Å². The van der Waals surface area contributed by atoms with Gasteiger partial charge in [-0.3, -0.25) is 0 Å². The number of hydrogen-bond donors (Lipinski definition) is 4. The van der Waals surface area contributed by atoms with Crippen LogP contribution in [0.15, 0.2) is 18.3 Å². The van der Waals surface area contributed by atoms with E-state index in [4.69, 9.17) is 11.6 Å². The van der Waals surface area contributed by atoms with E-state index < -0.39 is 6.23 Å². The van der Waals surface area contributed by atoms with Crippen LogP contribution in [-0.2, 0) is 0 Å². The second kappa shape index (κ2) is 11.5. The number of amides is 2. The molecule has 0 spiro atoms. The largest absolute Gasteiger partial charge is 0.374 e. The lowest BCUT2D eigenvalue weighted by Crippen LogP contribution is -2.55. The number of aliphatic hydroxyl groups is 1. The van der Waals surface area contributed by atoms with Crippen molar-refractivity contribution in [2.75, 3.05) is 55.3 Å². The molecule has 3 aliphatic rings. The van der Waals surface area contributed by atoms with Gasteiger partial charge in [0.15, 0.2) is 17.2 Å². The van der Waals surface area contributed by atoms with E-state index in [0.29, 0.717) is 60.9 Å². The molecule has 1 saturated carbocycles. The molecular weight excluding hydrogens is 560 g/mol. The smallest absolute Gasteiger partial charge is 0.317 e. The summed E-state index contributed by atoms with van der Waals surface area (Å²) in [4.78, 5) is 27.4. The van der Waals surface area contributed by atoms with Gasteiger partial charge >= 0.3 is 6.03 Å². The fourth-order valence-electron chi connectivity index (χ4n) is 5.25. The van der Waals surface area contributed by atoms with Gasteiger partial charge in [0.1, 0.15) is 12.3 Å². The summed E-state index contributed by atoms with van der Waals surface area (Å²) in [6.45, 7) is 3.42. The van der Waals surface area contributed by atoms with E-state index in [9.17, 15) is 20.4 Å². The maximum absolute atomic E-state index is 12.8. The average Bonchev–Trinajstić information content (AvgIpc) is 3.70. The van der Waals surface area contributed by atoms with Gasteiger partial charge in [0.25, 0.3) is 0 Å². The number of aromatic nitrogens is 4. The van der Waals surface area contributed by atoms with Crippen molar-refractivity contribution in [2.24, 2.45) is 0 Å². The molecule has 2 aromatic heterocycles. The molecule has 6 rings (SSSR count). The molecule has 1 aliphatic carbocycles. The Bertz CT molecular complexity index is 1580. The first-order chi connectivity index (χ1) is 20.3. The molecule has 15 heteroatoms. The van der Waals surface area contributed by atoms with Crippen LogP contribution in [0.5, 0.6) is 0 Å². The van der Waals surface area contributed by atoms with Gasteiger partial charge in [0.05, 0.1) is 34.2 Å². The first-order valence-electron chi connectivity index (χ1n) is 13.9. The summed E-state index contributed by atoms with van der Waals surface area (Å²) in [5.74, 6) is 0.648. The molecule has 218 valence electrons. The molecule has 1 unspecified atom stereocenters. The summed E-state index contributed by atoms with van der Waals surface area (Å²) in [5, 5.41) is 44.6. The highest BCUT2D eigenvalue weighted by Crippen LogP contribution is 2.38. The molecule has 14 nitrogen and oxygen atoms in total. The molecule has 3 fully saturated rings. The van der Waals surface area contributed by atoms with Crippen molar-refractivity contribution in [3.05, 3.63) is 34.6 Å². The van der Waals surface area contributed by atoms with Gasteiger partial charge in [-0.2, -0.15) is 20.0 Å². The number of piperidine rings is 1. The zero-order chi connectivity index (χ0) is 29.4. The molecule has 4 N–H and O–H groups in total. The number of aliphatic hydroxyl groups excluding tert-OH is 1. The Hall–Kier alpha value is -4.37. The Morgan fingerprint density at radius 2 is 1.88 bits per heavy atom. The van der Waals surface area contributed by atoms with E-state index in [2.05, 4.69) is 48.1 Å². The maximum Gasteiger partial charge on any atom is 0.317 e. The number of nitrogens with one attached hydrogen (secondary N) is 3. The number of hydrogen-bond acceptors (Lipinski definition) is 11. The number of anilines is 4. The second-order valence-corrected chi connectivity index (χ2v) is 11.3. The summed E-state index contributed by atoms with van der Waals surface area (Å²) < 4.78 is 1.41. The number of likely N-dealkylation sites (N-methyl/N-ethyl adjacent to an activating group) is 1. The van der Waals surface area contributed by atoms with Crippen LogP contribution in [0.3, 0.4) is 0 Å². The SMILES string of the molecule is CN1CCN(C(=O)N[C@@H]2CCN(c3cc(C#N)cc(Nc4nc(NC5CC5)c5ncc(C#N)n5n4)c3Cl)C(O)C2)CC1. The van der Waals surface area contributed by atoms with E-state index in [1.54, 1.807) is 21.9 Å². The van der Waals surface area contributed by atoms with Gasteiger partial charge in [0, 0.05) is 51.2 Å². The number of halogens is 1. The highest BCUT2D eigenvalue weighted by atomic mass is 35.5. The van der Waals surface area contributed by atoms with E-state index >= 15 is 0 Å². The van der Waals surface area contributed by atoms with Crippen LogP contribution < -0.4 is 20.9 Å². The van der Waals surface area contributed by atoms with Gasteiger partial charge in [-0.25, -0.2) is 9.78 Å². The molecule has 42 heavy (non-hydrogen) atoms. The number of carbonyl (C=O) groups is 1. The van der Waals surface area contributed by atoms with Crippen LogP contribution >= 0.6 is 11.6 Å². The first kappa shape index (κ1) is 27.8. The summed E-state index contributed by atoms with van der Waals surface area (Å²) in [7, 11) is 2.04. The van der Waals surface area contributed by atoms with Crippen molar-refractivity contribution in [1.29, 1.82) is 10.5 Å². The lowest BCUT2D eigenvalue weighted by molar-refractivity contribution is 0.115. The number of imidazole rings is 1. The number of nitrogens with zero attached hydrogens (tertiary/aromatic N) is 9. The van der Waals surface area contributed by atoms with Crippen LogP contribution in [0.4, 0.5) is 27.9 Å². The van der Waals surface area contributed by atoms with E-state index in [1.165, 1.54) is 10.7 Å². The molecule has 3 aromatic rings. The van der Waals surface area contributed by atoms with Gasteiger partial charge in [-0.1, -0.05) is 11.6 Å². The summed E-state index contributed by atoms with van der Waals surface area (Å²) >= 11 is 6.86. The van der Waals surface area contributed by atoms with Crippen LogP contribution in [0.1, 0.15) is 36.9 Å². The van der Waals surface area contributed by atoms with Crippen molar-refractivity contribution in [3.63, 3.8) is 0 Å². The number of nitriles is 2. The van der Waals surface area contributed by atoms with Crippen molar-refractivity contribution in [3.8, 4) is 12.1 Å². The molecule has 2 aliphatic heterocycles. The monoisotopic (exact) mass is 590 g/mol. The quantitative estimate of drug-likeness (QED) is 0.331. The van der Waals surface area contributed by atoms with Gasteiger partial charge in [0.2, 0.25) is 5.95 Å². The number of carbonyl (C=O) groups excluding carboxylic acids is 1. The highest BCUT2D eigenvalue weighted by Gasteiger charge is 2.32. The Morgan fingerprint density at radius 1 is 1.10 bits per heavy atom. The molecule has 2 atom stereocenters. The predicted molar refractivity (Wildman–Crippen MR) is 156 cm³/mol. The minimum absolute atomic E-state index is 0.116. The Kier molecular flexibility index (Phi) is 7.60.